The van der Waals surface area contributed by atoms with E-state index < -0.39 is 10.0 Å². The smallest absolute Gasteiger partial charge is 0.251 e. The molecule has 2 aliphatic rings. The fourth-order valence-corrected chi connectivity index (χ4v) is 5.62. The van der Waals surface area contributed by atoms with Gasteiger partial charge in [-0.3, -0.25) is 4.79 Å². The Kier molecular flexibility index (Phi) is 7.90. The number of ether oxygens (including phenoxy) is 1. The first-order valence-electron chi connectivity index (χ1n) is 11.0. The van der Waals surface area contributed by atoms with Crippen LogP contribution in [0.15, 0.2) is 29.2 Å². The van der Waals surface area contributed by atoms with Gasteiger partial charge in [0.15, 0.2) is 0 Å². The maximum Gasteiger partial charge on any atom is 0.251 e. The van der Waals surface area contributed by atoms with Crippen LogP contribution in [0.5, 0.6) is 0 Å². The minimum absolute atomic E-state index is 0.0199. The molecule has 2 saturated heterocycles. The van der Waals surface area contributed by atoms with Crippen molar-refractivity contribution >= 4 is 15.9 Å². The Balaban J connectivity index is 1.51. The number of hydrogen-bond donors (Lipinski definition) is 2. The number of benzene rings is 1. The lowest BCUT2D eigenvalue weighted by Crippen LogP contribution is -2.47. The zero-order valence-corrected chi connectivity index (χ0v) is 19.1. The van der Waals surface area contributed by atoms with E-state index in [1.54, 1.807) is 12.1 Å². The van der Waals surface area contributed by atoms with Gasteiger partial charge in [0.25, 0.3) is 5.91 Å². The molecule has 4 unspecified atom stereocenters. The summed E-state index contributed by atoms with van der Waals surface area (Å²) in [6.07, 6.45) is 3.03. The number of nitrogens with one attached hydrogen (secondary N) is 2. The topological polar surface area (TPSA) is 87.7 Å². The molecular formula is C22H35N3O4S. The van der Waals surface area contributed by atoms with Gasteiger partial charge >= 0.3 is 0 Å². The fourth-order valence-electron chi connectivity index (χ4n) is 4.56. The largest absolute Gasteiger partial charge is 0.377 e. The number of nitrogens with zero attached hydrogens (tertiary/aromatic N) is 1. The van der Waals surface area contributed by atoms with E-state index in [9.17, 15) is 13.2 Å². The average Bonchev–Trinajstić information content (AvgIpc) is 3.19. The number of sulfonamides is 1. The summed E-state index contributed by atoms with van der Waals surface area (Å²) in [7, 11) is -3.61. The van der Waals surface area contributed by atoms with E-state index in [-0.39, 0.29) is 29.5 Å². The second-order valence-corrected chi connectivity index (χ2v) is 10.8. The molecule has 3 rings (SSSR count). The van der Waals surface area contributed by atoms with E-state index in [0.717, 1.165) is 32.5 Å². The first kappa shape index (κ1) is 23.2. The van der Waals surface area contributed by atoms with Crippen molar-refractivity contribution in [2.45, 2.75) is 57.1 Å². The van der Waals surface area contributed by atoms with Crippen molar-refractivity contribution in [1.82, 2.24) is 14.9 Å². The average molecular weight is 438 g/mol. The predicted octanol–water partition coefficient (Wildman–Crippen LogP) is 2.24. The van der Waals surface area contributed by atoms with Gasteiger partial charge in [-0.1, -0.05) is 13.8 Å². The summed E-state index contributed by atoms with van der Waals surface area (Å²) in [6.45, 7) is 10.5. The molecule has 7 nitrogen and oxygen atoms in total. The van der Waals surface area contributed by atoms with Crippen molar-refractivity contribution in [1.29, 1.82) is 0 Å². The zero-order chi connectivity index (χ0) is 21.7. The Morgan fingerprint density at radius 1 is 1.20 bits per heavy atom. The van der Waals surface area contributed by atoms with Gasteiger partial charge in [0.2, 0.25) is 10.0 Å². The standard InChI is InChI=1S/C22H35N3O4S/c1-16-11-17(2)14-25(13-16)15-18(3)24-22(26)19-6-8-21(9-7-19)30(27,28)23-12-20-5-4-10-29-20/h6-9,16-18,20,23H,4-5,10-15H2,1-3H3,(H,24,26). The van der Waals surface area contributed by atoms with Crippen LogP contribution in [0.2, 0.25) is 0 Å². The van der Waals surface area contributed by atoms with Gasteiger partial charge in [-0.05, 0) is 62.3 Å². The van der Waals surface area contributed by atoms with E-state index in [0.29, 0.717) is 24.0 Å². The van der Waals surface area contributed by atoms with Gasteiger partial charge in [0, 0.05) is 44.4 Å². The molecular weight excluding hydrogens is 402 g/mol. The van der Waals surface area contributed by atoms with Gasteiger partial charge in [-0.25, -0.2) is 13.1 Å². The maximum absolute atomic E-state index is 12.6. The number of carbonyl (C=O) groups excluding carboxylic acids is 1. The van der Waals surface area contributed by atoms with E-state index in [2.05, 4.69) is 28.8 Å². The van der Waals surface area contributed by atoms with Crippen LogP contribution in [-0.4, -0.2) is 64.2 Å². The van der Waals surface area contributed by atoms with Crippen molar-refractivity contribution in [2.24, 2.45) is 11.8 Å². The predicted molar refractivity (Wildman–Crippen MR) is 117 cm³/mol. The molecule has 0 saturated carbocycles. The van der Waals surface area contributed by atoms with Crippen molar-refractivity contribution in [3.05, 3.63) is 29.8 Å². The number of piperidine rings is 1. The molecule has 4 atom stereocenters. The minimum atomic E-state index is -3.61. The lowest BCUT2D eigenvalue weighted by atomic mass is 9.92. The summed E-state index contributed by atoms with van der Waals surface area (Å²) < 4.78 is 32.9. The van der Waals surface area contributed by atoms with Crippen molar-refractivity contribution in [3.8, 4) is 0 Å². The molecule has 2 aliphatic heterocycles. The quantitative estimate of drug-likeness (QED) is 0.651. The molecule has 8 heteroatoms. The summed E-state index contributed by atoms with van der Waals surface area (Å²) >= 11 is 0. The molecule has 0 aliphatic carbocycles. The summed E-state index contributed by atoms with van der Waals surface area (Å²) in [5, 5.41) is 3.03. The Morgan fingerprint density at radius 3 is 2.47 bits per heavy atom. The van der Waals surface area contributed by atoms with E-state index in [1.165, 1.54) is 18.6 Å². The van der Waals surface area contributed by atoms with E-state index in [4.69, 9.17) is 4.74 Å². The third-order valence-corrected chi connectivity index (χ3v) is 7.25. The molecule has 0 bridgehead atoms. The summed E-state index contributed by atoms with van der Waals surface area (Å²) in [5.41, 5.74) is 0.459. The third kappa shape index (κ3) is 6.51. The van der Waals surface area contributed by atoms with Gasteiger partial charge in [-0.15, -0.1) is 0 Å². The number of likely N-dealkylation sites (tertiary alicyclic amines) is 1. The Bertz CT molecular complexity index is 796. The molecule has 0 aromatic heterocycles. The Hall–Kier alpha value is -1.48. The molecule has 2 fully saturated rings. The first-order chi connectivity index (χ1) is 14.2. The molecule has 0 radical (unpaired) electrons. The molecule has 168 valence electrons. The molecule has 1 aromatic rings. The molecule has 2 N–H and O–H groups in total. The molecule has 1 amide bonds. The van der Waals surface area contributed by atoms with Crippen molar-refractivity contribution < 1.29 is 17.9 Å². The van der Waals surface area contributed by atoms with Crippen molar-refractivity contribution in [3.63, 3.8) is 0 Å². The second kappa shape index (κ2) is 10.2. The lowest BCUT2D eigenvalue weighted by molar-refractivity contribution is 0.0905. The van der Waals surface area contributed by atoms with E-state index in [1.807, 2.05) is 6.92 Å². The van der Waals surface area contributed by atoms with Gasteiger partial charge in [0.05, 0.1) is 11.0 Å². The Labute approximate surface area is 180 Å². The van der Waals surface area contributed by atoms with Gasteiger partial charge in [0.1, 0.15) is 0 Å². The van der Waals surface area contributed by atoms with Crippen LogP contribution in [0.4, 0.5) is 0 Å². The highest BCUT2D eigenvalue weighted by Crippen LogP contribution is 2.21. The Morgan fingerprint density at radius 2 is 1.87 bits per heavy atom. The highest BCUT2D eigenvalue weighted by Gasteiger charge is 2.24. The lowest BCUT2D eigenvalue weighted by Gasteiger charge is -2.36. The number of carbonyl (C=O) groups is 1. The van der Waals surface area contributed by atoms with Crippen LogP contribution in [-0.2, 0) is 14.8 Å². The molecule has 30 heavy (non-hydrogen) atoms. The van der Waals surface area contributed by atoms with Gasteiger partial charge < -0.3 is 15.0 Å². The summed E-state index contributed by atoms with van der Waals surface area (Å²) in [6, 6.07) is 6.10. The number of amides is 1. The number of rotatable bonds is 8. The third-order valence-electron chi connectivity index (χ3n) is 5.81. The van der Waals surface area contributed by atoms with Crippen LogP contribution in [0.25, 0.3) is 0 Å². The van der Waals surface area contributed by atoms with E-state index >= 15 is 0 Å². The maximum atomic E-state index is 12.6. The number of hydrogen-bond acceptors (Lipinski definition) is 5. The zero-order valence-electron chi connectivity index (χ0n) is 18.3. The highest BCUT2D eigenvalue weighted by atomic mass is 32.2. The summed E-state index contributed by atoms with van der Waals surface area (Å²) in [4.78, 5) is 15.1. The van der Waals surface area contributed by atoms with Gasteiger partial charge in [-0.2, -0.15) is 0 Å². The van der Waals surface area contributed by atoms with Crippen molar-refractivity contribution in [2.75, 3.05) is 32.8 Å². The molecule has 0 spiro atoms. The first-order valence-corrected chi connectivity index (χ1v) is 12.5. The fraction of sp³-hybridized carbons (Fsp3) is 0.682. The normalized spacial score (nSPS) is 26.4. The molecule has 1 aromatic carbocycles. The van der Waals surface area contributed by atoms with Crippen LogP contribution in [0.1, 0.15) is 50.4 Å². The highest BCUT2D eigenvalue weighted by molar-refractivity contribution is 7.89. The molecule has 2 heterocycles. The second-order valence-electron chi connectivity index (χ2n) is 9.05. The van der Waals surface area contributed by atoms with Crippen LogP contribution < -0.4 is 10.0 Å². The van der Waals surface area contributed by atoms with Crippen LogP contribution in [0.3, 0.4) is 0 Å². The summed E-state index contributed by atoms with van der Waals surface area (Å²) in [5.74, 6) is 1.18. The minimum Gasteiger partial charge on any atom is -0.377 e. The SMILES string of the molecule is CC1CC(C)CN(CC(C)NC(=O)c2ccc(S(=O)(=O)NCC3CCCO3)cc2)C1. The monoisotopic (exact) mass is 437 g/mol. The van der Waals surface area contributed by atoms with Crippen LogP contribution in [0, 0.1) is 11.8 Å². The van der Waals surface area contributed by atoms with Crippen LogP contribution >= 0.6 is 0 Å².